The van der Waals surface area contributed by atoms with E-state index in [0.717, 1.165) is 26.1 Å². The molecule has 5 nitrogen and oxygen atoms in total. The van der Waals surface area contributed by atoms with Crippen molar-refractivity contribution in [3.05, 3.63) is 34.2 Å². The van der Waals surface area contributed by atoms with Gasteiger partial charge in [-0.1, -0.05) is 0 Å². The Bertz CT molecular complexity index is 534. The number of pyridine rings is 1. The molecule has 2 saturated heterocycles. The number of nitrogens with one attached hydrogen (secondary N) is 2. The molecule has 0 aromatic carbocycles. The van der Waals surface area contributed by atoms with Gasteiger partial charge in [-0.2, -0.15) is 0 Å². The van der Waals surface area contributed by atoms with Crippen molar-refractivity contribution >= 4 is 5.91 Å². The lowest BCUT2D eigenvalue weighted by molar-refractivity contribution is 0.0649. The van der Waals surface area contributed by atoms with Gasteiger partial charge in [0.25, 0.3) is 11.5 Å². The number of nitrogens with zero attached hydrogens (tertiary/aromatic N) is 1. The molecule has 1 aromatic rings. The van der Waals surface area contributed by atoms with Crippen molar-refractivity contribution in [3.8, 4) is 0 Å². The highest BCUT2D eigenvalue weighted by Gasteiger charge is 2.31. The van der Waals surface area contributed by atoms with Crippen LogP contribution in [0.4, 0.5) is 0 Å². The minimum absolute atomic E-state index is 0.130. The van der Waals surface area contributed by atoms with Crippen LogP contribution in [0.1, 0.15) is 36.0 Å². The van der Waals surface area contributed by atoms with Gasteiger partial charge in [0.1, 0.15) is 5.56 Å². The fourth-order valence-corrected chi connectivity index (χ4v) is 3.40. The Morgan fingerprint density at radius 3 is 2.95 bits per heavy atom. The quantitative estimate of drug-likeness (QED) is 0.845. The lowest BCUT2D eigenvalue weighted by atomic mass is 9.89. The van der Waals surface area contributed by atoms with Crippen LogP contribution in [0.5, 0.6) is 0 Å². The van der Waals surface area contributed by atoms with Gasteiger partial charge >= 0.3 is 0 Å². The molecule has 1 aromatic heterocycles. The maximum atomic E-state index is 12.5. The van der Waals surface area contributed by atoms with E-state index in [-0.39, 0.29) is 17.0 Å². The summed E-state index contributed by atoms with van der Waals surface area (Å²) in [5.41, 5.74) is -0.0360. The first kappa shape index (κ1) is 13.4. The number of carbonyl (C=O) groups excluding carboxylic acids is 1. The Morgan fingerprint density at radius 1 is 1.30 bits per heavy atom. The zero-order valence-electron chi connectivity index (χ0n) is 11.6. The summed E-state index contributed by atoms with van der Waals surface area (Å²) < 4.78 is 0. The molecule has 0 aliphatic carbocycles. The summed E-state index contributed by atoms with van der Waals surface area (Å²) in [6.45, 7) is 2.62. The first-order valence-electron chi connectivity index (χ1n) is 7.46. The third-order valence-corrected chi connectivity index (χ3v) is 4.46. The Morgan fingerprint density at radius 2 is 2.20 bits per heavy atom. The van der Waals surface area contributed by atoms with Crippen LogP contribution in [0.15, 0.2) is 23.1 Å². The lowest BCUT2D eigenvalue weighted by Crippen LogP contribution is -2.46. The van der Waals surface area contributed by atoms with Gasteiger partial charge in [-0.3, -0.25) is 9.59 Å². The van der Waals surface area contributed by atoms with Crippen LogP contribution in [0.3, 0.4) is 0 Å². The molecule has 3 heterocycles. The van der Waals surface area contributed by atoms with Gasteiger partial charge in [0.05, 0.1) is 0 Å². The van der Waals surface area contributed by atoms with Gasteiger partial charge in [-0.05, 0) is 50.3 Å². The molecule has 0 bridgehead atoms. The molecule has 3 rings (SSSR count). The summed E-state index contributed by atoms with van der Waals surface area (Å²) in [4.78, 5) is 28.6. The Balaban J connectivity index is 1.72. The molecule has 2 aliphatic rings. The SMILES string of the molecule is O=C(c1ccc[nH]c1=O)N1CCCC(C2CCCN2)C1. The van der Waals surface area contributed by atoms with Crippen LogP contribution < -0.4 is 10.9 Å². The topological polar surface area (TPSA) is 65.2 Å². The fraction of sp³-hybridized carbons (Fsp3) is 0.600. The number of aromatic amines is 1. The second-order valence-electron chi connectivity index (χ2n) is 5.77. The number of H-pyrrole nitrogens is 1. The largest absolute Gasteiger partial charge is 0.338 e. The van der Waals surface area contributed by atoms with E-state index in [1.165, 1.54) is 19.3 Å². The predicted molar refractivity (Wildman–Crippen MR) is 76.7 cm³/mol. The zero-order valence-corrected chi connectivity index (χ0v) is 11.6. The second-order valence-corrected chi connectivity index (χ2v) is 5.77. The molecule has 108 valence electrons. The van der Waals surface area contributed by atoms with Crippen LogP contribution in [0.25, 0.3) is 0 Å². The minimum atomic E-state index is -0.293. The van der Waals surface area contributed by atoms with Crippen LogP contribution in [0.2, 0.25) is 0 Å². The van der Waals surface area contributed by atoms with E-state index < -0.39 is 0 Å². The maximum Gasteiger partial charge on any atom is 0.260 e. The number of carbonyl (C=O) groups is 1. The van der Waals surface area contributed by atoms with Crippen molar-refractivity contribution in [2.45, 2.75) is 31.7 Å². The highest BCUT2D eigenvalue weighted by Crippen LogP contribution is 2.25. The van der Waals surface area contributed by atoms with Crippen molar-refractivity contribution < 1.29 is 4.79 Å². The molecule has 2 N–H and O–H groups in total. The highest BCUT2D eigenvalue weighted by atomic mass is 16.2. The third kappa shape index (κ3) is 2.63. The average Bonchev–Trinajstić information content (AvgIpc) is 3.01. The smallest absolute Gasteiger partial charge is 0.260 e. The summed E-state index contributed by atoms with van der Waals surface area (Å²) in [6, 6.07) is 3.85. The molecule has 0 spiro atoms. The number of aromatic nitrogens is 1. The lowest BCUT2D eigenvalue weighted by Gasteiger charge is -2.35. The van der Waals surface area contributed by atoms with Crippen molar-refractivity contribution in [1.82, 2.24) is 15.2 Å². The number of likely N-dealkylation sites (tertiary alicyclic amines) is 1. The van der Waals surface area contributed by atoms with Crippen LogP contribution >= 0.6 is 0 Å². The van der Waals surface area contributed by atoms with E-state index in [9.17, 15) is 9.59 Å². The molecule has 2 fully saturated rings. The van der Waals surface area contributed by atoms with E-state index in [4.69, 9.17) is 0 Å². The van der Waals surface area contributed by atoms with Crippen LogP contribution in [-0.2, 0) is 0 Å². The number of rotatable bonds is 2. The molecule has 0 radical (unpaired) electrons. The molecule has 0 saturated carbocycles. The molecular formula is C15H21N3O2. The monoisotopic (exact) mass is 275 g/mol. The van der Waals surface area contributed by atoms with Crippen LogP contribution in [-0.4, -0.2) is 41.5 Å². The Labute approximate surface area is 118 Å². The third-order valence-electron chi connectivity index (χ3n) is 4.46. The van der Waals surface area contributed by atoms with Crippen molar-refractivity contribution in [3.63, 3.8) is 0 Å². The molecule has 2 aliphatic heterocycles. The predicted octanol–water partition coefficient (Wildman–Crippen LogP) is 0.979. The van der Waals surface area contributed by atoms with E-state index in [1.54, 1.807) is 18.3 Å². The molecule has 2 atom stereocenters. The van der Waals surface area contributed by atoms with Gasteiger partial charge in [-0.25, -0.2) is 0 Å². The molecule has 1 amide bonds. The van der Waals surface area contributed by atoms with Gasteiger partial charge in [0.15, 0.2) is 0 Å². The Hall–Kier alpha value is -1.62. The van der Waals surface area contributed by atoms with E-state index in [1.807, 2.05) is 4.90 Å². The van der Waals surface area contributed by atoms with Crippen LogP contribution in [0, 0.1) is 5.92 Å². The zero-order chi connectivity index (χ0) is 13.9. The summed E-state index contributed by atoms with van der Waals surface area (Å²) in [6.07, 6.45) is 6.19. The maximum absolute atomic E-state index is 12.5. The summed E-state index contributed by atoms with van der Waals surface area (Å²) in [5, 5.41) is 3.53. The fourth-order valence-electron chi connectivity index (χ4n) is 3.40. The molecule has 5 heteroatoms. The van der Waals surface area contributed by atoms with Gasteiger partial charge in [0.2, 0.25) is 0 Å². The summed E-state index contributed by atoms with van der Waals surface area (Å²) >= 11 is 0. The first-order chi connectivity index (χ1) is 9.75. The number of piperidine rings is 1. The van der Waals surface area contributed by atoms with E-state index in [2.05, 4.69) is 10.3 Å². The molecular weight excluding hydrogens is 254 g/mol. The standard InChI is InChI=1S/C15H21N3O2/c19-14-12(5-1-8-17-14)15(20)18-9-3-4-11(10-18)13-6-2-7-16-13/h1,5,8,11,13,16H,2-4,6-7,9-10H2,(H,17,19). The minimum Gasteiger partial charge on any atom is -0.338 e. The first-order valence-corrected chi connectivity index (χ1v) is 7.46. The van der Waals surface area contributed by atoms with E-state index in [0.29, 0.717) is 12.0 Å². The van der Waals surface area contributed by atoms with Crippen molar-refractivity contribution in [2.24, 2.45) is 5.92 Å². The van der Waals surface area contributed by atoms with Gasteiger partial charge in [-0.15, -0.1) is 0 Å². The number of hydrogen-bond donors (Lipinski definition) is 2. The number of hydrogen-bond acceptors (Lipinski definition) is 3. The van der Waals surface area contributed by atoms with E-state index >= 15 is 0 Å². The normalized spacial score (nSPS) is 26.7. The molecule has 2 unspecified atom stereocenters. The van der Waals surface area contributed by atoms with Gasteiger partial charge in [0, 0.05) is 25.3 Å². The number of amides is 1. The van der Waals surface area contributed by atoms with Crippen molar-refractivity contribution in [2.75, 3.05) is 19.6 Å². The summed E-state index contributed by atoms with van der Waals surface area (Å²) in [7, 11) is 0. The molecule has 20 heavy (non-hydrogen) atoms. The van der Waals surface area contributed by atoms with Crippen molar-refractivity contribution in [1.29, 1.82) is 0 Å². The second kappa shape index (κ2) is 5.79. The van der Waals surface area contributed by atoms with Gasteiger partial charge < -0.3 is 15.2 Å². The average molecular weight is 275 g/mol. The Kier molecular flexibility index (Phi) is 3.87. The summed E-state index contributed by atoms with van der Waals surface area (Å²) in [5.74, 6) is 0.396. The highest BCUT2D eigenvalue weighted by molar-refractivity contribution is 5.93.